The number of nitrogens with one attached hydrogen (secondary N) is 3. The van der Waals surface area contributed by atoms with Crippen LogP contribution < -0.4 is 16.0 Å². The number of carbonyl (C=O) groups excluding carboxylic acids is 1. The average molecular weight is 563 g/mol. The lowest BCUT2D eigenvalue weighted by molar-refractivity contribution is 0.0492. The van der Waals surface area contributed by atoms with Crippen LogP contribution in [-0.4, -0.2) is 67.3 Å². The van der Waals surface area contributed by atoms with E-state index >= 15 is 0 Å². The second kappa shape index (κ2) is 12.6. The van der Waals surface area contributed by atoms with Crippen LogP contribution in [0, 0.1) is 0 Å². The molecule has 1 amide bonds. The molecule has 3 aromatic rings. The van der Waals surface area contributed by atoms with Crippen LogP contribution in [0.3, 0.4) is 0 Å². The number of alkyl carbamates (subject to hydrolysis) is 1. The summed E-state index contributed by atoms with van der Waals surface area (Å²) in [4.78, 5) is 29.3. The lowest BCUT2D eigenvalue weighted by atomic mass is 9.91. The van der Waals surface area contributed by atoms with Gasteiger partial charge in [-0.2, -0.15) is 9.97 Å². The van der Waals surface area contributed by atoms with E-state index in [2.05, 4.69) is 69.6 Å². The van der Waals surface area contributed by atoms with Crippen molar-refractivity contribution >= 4 is 29.0 Å². The van der Waals surface area contributed by atoms with E-state index < -0.39 is 5.60 Å². The van der Waals surface area contributed by atoms with E-state index in [-0.39, 0.29) is 24.2 Å². The highest BCUT2D eigenvalue weighted by molar-refractivity contribution is 5.84. The van der Waals surface area contributed by atoms with Gasteiger partial charge in [0.05, 0.1) is 6.33 Å². The van der Waals surface area contributed by atoms with E-state index in [1.807, 2.05) is 27.1 Å². The van der Waals surface area contributed by atoms with Crippen molar-refractivity contribution in [1.82, 2.24) is 29.7 Å². The van der Waals surface area contributed by atoms with Gasteiger partial charge in [-0.25, -0.2) is 9.78 Å². The molecule has 1 aliphatic carbocycles. The predicted molar refractivity (Wildman–Crippen MR) is 163 cm³/mol. The number of anilines is 2. The maximum absolute atomic E-state index is 12.2. The summed E-state index contributed by atoms with van der Waals surface area (Å²) in [5.74, 6) is 1.44. The van der Waals surface area contributed by atoms with Crippen LogP contribution in [0.2, 0.25) is 0 Å². The van der Waals surface area contributed by atoms with Gasteiger partial charge in [-0.15, -0.1) is 0 Å². The Bertz CT molecular complexity index is 1290. The molecule has 10 heteroatoms. The summed E-state index contributed by atoms with van der Waals surface area (Å²) < 4.78 is 7.54. The van der Waals surface area contributed by atoms with E-state index in [9.17, 15) is 4.79 Å². The van der Waals surface area contributed by atoms with Gasteiger partial charge < -0.3 is 25.3 Å². The van der Waals surface area contributed by atoms with Crippen molar-refractivity contribution in [3.8, 4) is 0 Å². The summed E-state index contributed by atoms with van der Waals surface area (Å²) in [6, 6.07) is 11.6. The Kier molecular flexibility index (Phi) is 8.97. The Labute approximate surface area is 243 Å². The summed E-state index contributed by atoms with van der Waals surface area (Å²) in [6.07, 6.45) is 7.26. The molecule has 2 fully saturated rings. The fourth-order valence-electron chi connectivity index (χ4n) is 5.77. The van der Waals surface area contributed by atoms with Gasteiger partial charge in [0.15, 0.2) is 17.0 Å². The quantitative estimate of drug-likeness (QED) is 0.319. The number of benzene rings is 1. The molecule has 0 radical (unpaired) electrons. The second-order valence-electron chi connectivity index (χ2n) is 12.8. The predicted octanol–water partition coefficient (Wildman–Crippen LogP) is 5.73. The standard InChI is InChI=1S/C31H46N8O2/c1-21(2)39-20-32-26-27(33-25-15-17-38(18-16-25)19-22-9-7-6-8-10-22)36-29(37-28(26)39)34-23-11-13-24(14-12-23)35-30(40)41-31(3,4)5/h6-10,20-21,23-25H,11-19H2,1-5H3,(H,35,40)(H2,33,34,36,37). The van der Waals surface area contributed by atoms with Crippen molar-refractivity contribution in [3.63, 3.8) is 0 Å². The van der Waals surface area contributed by atoms with Crippen molar-refractivity contribution < 1.29 is 9.53 Å². The first kappa shape index (κ1) is 29.1. The number of likely N-dealkylation sites (tertiary alicyclic amines) is 1. The number of hydrogen-bond acceptors (Lipinski definition) is 8. The van der Waals surface area contributed by atoms with Crippen molar-refractivity contribution in [3.05, 3.63) is 42.2 Å². The van der Waals surface area contributed by atoms with Gasteiger partial charge in [0.1, 0.15) is 5.60 Å². The minimum atomic E-state index is -0.494. The molecule has 3 N–H and O–H groups in total. The first-order valence-corrected chi connectivity index (χ1v) is 15.2. The molecule has 0 spiro atoms. The number of aromatic nitrogens is 4. The monoisotopic (exact) mass is 562 g/mol. The third-order valence-electron chi connectivity index (χ3n) is 7.94. The lowest BCUT2D eigenvalue weighted by Crippen LogP contribution is -2.42. The summed E-state index contributed by atoms with van der Waals surface area (Å²) in [5, 5.41) is 10.4. The maximum atomic E-state index is 12.2. The number of carbonyl (C=O) groups is 1. The summed E-state index contributed by atoms with van der Waals surface area (Å²) >= 11 is 0. The Morgan fingerprint density at radius 2 is 1.61 bits per heavy atom. The van der Waals surface area contributed by atoms with E-state index in [1.54, 1.807) is 0 Å². The molecule has 1 saturated heterocycles. The topological polar surface area (TPSA) is 109 Å². The van der Waals surface area contributed by atoms with E-state index in [4.69, 9.17) is 19.7 Å². The Morgan fingerprint density at radius 1 is 0.951 bits per heavy atom. The smallest absolute Gasteiger partial charge is 0.407 e. The van der Waals surface area contributed by atoms with Gasteiger partial charge in [-0.3, -0.25) is 4.90 Å². The molecule has 2 aromatic heterocycles. The van der Waals surface area contributed by atoms with E-state index in [0.29, 0.717) is 12.0 Å². The van der Waals surface area contributed by atoms with Crippen molar-refractivity contribution in [2.45, 2.75) is 109 Å². The number of piperidine rings is 1. The van der Waals surface area contributed by atoms with Crippen LogP contribution >= 0.6 is 0 Å². The fourth-order valence-corrected chi connectivity index (χ4v) is 5.77. The number of rotatable bonds is 8. The molecule has 0 atom stereocenters. The summed E-state index contributed by atoms with van der Waals surface area (Å²) in [6.45, 7) is 13.0. The number of nitrogens with zero attached hydrogens (tertiary/aromatic N) is 5. The molecule has 10 nitrogen and oxygen atoms in total. The van der Waals surface area contributed by atoms with Crippen LogP contribution in [0.15, 0.2) is 36.7 Å². The number of fused-ring (bicyclic) bond motifs is 1. The molecule has 41 heavy (non-hydrogen) atoms. The molecule has 3 heterocycles. The average Bonchev–Trinajstić information content (AvgIpc) is 3.35. The van der Waals surface area contributed by atoms with Crippen molar-refractivity contribution in [1.29, 1.82) is 0 Å². The second-order valence-corrected chi connectivity index (χ2v) is 12.8. The molecule has 1 aromatic carbocycles. The van der Waals surface area contributed by atoms with Gasteiger partial charge in [-0.05, 0) is 78.7 Å². The van der Waals surface area contributed by atoms with Gasteiger partial charge in [0, 0.05) is 43.8 Å². The fraction of sp³-hybridized carbons (Fsp3) is 0.613. The Balaban J connectivity index is 1.22. The van der Waals surface area contributed by atoms with Gasteiger partial charge in [-0.1, -0.05) is 30.3 Å². The van der Waals surface area contributed by atoms with Crippen molar-refractivity contribution in [2.24, 2.45) is 0 Å². The van der Waals surface area contributed by atoms with Gasteiger partial charge >= 0.3 is 6.09 Å². The molecule has 1 aliphatic heterocycles. The van der Waals surface area contributed by atoms with Gasteiger partial charge in [0.2, 0.25) is 5.95 Å². The number of hydrogen-bond donors (Lipinski definition) is 3. The van der Waals surface area contributed by atoms with E-state index in [0.717, 1.165) is 75.1 Å². The Hall–Kier alpha value is -3.40. The zero-order valence-electron chi connectivity index (χ0n) is 25.2. The molecule has 5 rings (SSSR count). The number of amides is 1. The number of ether oxygens (including phenoxy) is 1. The minimum absolute atomic E-state index is 0.124. The molecule has 0 unspecified atom stereocenters. The van der Waals surface area contributed by atoms with Crippen LogP contribution in [-0.2, 0) is 11.3 Å². The molecule has 2 aliphatic rings. The zero-order chi connectivity index (χ0) is 29.0. The minimum Gasteiger partial charge on any atom is -0.444 e. The third kappa shape index (κ3) is 7.87. The normalized spacial score (nSPS) is 20.7. The maximum Gasteiger partial charge on any atom is 0.407 e. The SMILES string of the molecule is CC(C)n1cnc2c(NC3CCN(Cc4ccccc4)CC3)nc(NC3CCC(NC(=O)OC(C)(C)C)CC3)nc21. The largest absolute Gasteiger partial charge is 0.444 e. The third-order valence-corrected chi connectivity index (χ3v) is 7.94. The summed E-state index contributed by atoms with van der Waals surface area (Å²) in [7, 11) is 0. The van der Waals surface area contributed by atoms with Crippen LogP contribution in [0.4, 0.5) is 16.6 Å². The number of imidazole rings is 1. The first-order valence-electron chi connectivity index (χ1n) is 15.2. The highest BCUT2D eigenvalue weighted by Crippen LogP contribution is 2.28. The van der Waals surface area contributed by atoms with E-state index in [1.165, 1.54) is 5.56 Å². The molecular formula is C31H46N8O2. The first-order chi connectivity index (χ1) is 19.6. The zero-order valence-corrected chi connectivity index (χ0v) is 25.2. The highest BCUT2D eigenvalue weighted by Gasteiger charge is 2.27. The molecular weight excluding hydrogens is 516 g/mol. The van der Waals surface area contributed by atoms with Crippen LogP contribution in [0.25, 0.3) is 11.2 Å². The molecule has 0 bridgehead atoms. The molecule has 222 valence electrons. The molecule has 1 saturated carbocycles. The van der Waals surface area contributed by atoms with Crippen LogP contribution in [0.1, 0.15) is 84.7 Å². The van der Waals surface area contributed by atoms with Gasteiger partial charge in [0.25, 0.3) is 0 Å². The Morgan fingerprint density at radius 3 is 2.27 bits per heavy atom. The van der Waals surface area contributed by atoms with Crippen molar-refractivity contribution in [2.75, 3.05) is 23.7 Å². The van der Waals surface area contributed by atoms with Crippen LogP contribution in [0.5, 0.6) is 0 Å². The highest BCUT2D eigenvalue weighted by atomic mass is 16.6. The lowest BCUT2D eigenvalue weighted by Gasteiger charge is -2.33. The summed E-state index contributed by atoms with van der Waals surface area (Å²) in [5.41, 5.74) is 2.54.